The normalized spacial score (nSPS) is 15.6. The number of hydrogen-bond donors (Lipinski definition) is 8. The van der Waals surface area contributed by atoms with Crippen LogP contribution in [0.1, 0.15) is 67.7 Å². The quantitative estimate of drug-likeness (QED) is 0.0386. The number of phenols is 2. The molecule has 2 saturated heterocycles. The van der Waals surface area contributed by atoms with Crippen molar-refractivity contribution in [3.05, 3.63) is 53.3 Å². The number of likely N-dealkylation sites (tertiary alicyclic amines) is 1. The van der Waals surface area contributed by atoms with Gasteiger partial charge in [-0.25, -0.2) is 0 Å². The molecule has 5 rings (SSSR count). The van der Waals surface area contributed by atoms with Crippen molar-refractivity contribution in [2.75, 3.05) is 164 Å². The second kappa shape index (κ2) is 35.2. The minimum absolute atomic E-state index is 0.000807. The highest BCUT2D eigenvalue weighted by Gasteiger charge is 2.27. The second-order valence-electron chi connectivity index (χ2n) is 20.5. The van der Waals surface area contributed by atoms with Gasteiger partial charge in [-0.3, -0.25) is 57.7 Å². The second-order valence-corrected chi connectivity index (χ2v) is 20.5. The molecule has 0 radical (unpaired) electrons. The third kappa shape index (κ3) is 23.6. The van der Waals surface area contributed by atoms with Gasteiger partial charge in [-0.1, -0.05) is 26.0 Å². The third-order valence-corrected chi connectivity index (χ3v) is 13.9. The first-order valence-electron chi connectivity index (χ1n) is 27.9. The Labute approximate surface area is 477 Å². The van der Waals surface area contributed by atoms with Crippen molar-refractivity contribution in [3.8, 4) is 28.6 Å². The summed E-state index contributed by atoms with van der Waals surface area (Å²) < 4.78 is 23.7. The molecule has 2 fully saturated rings. The van der Waals surface area contributed by atoms with E-state index in [-0.39, 0.29) is 164 Å². The number of nitrogens with one attached hydrogen (secondary N) is 3. The fourth-order valence-electron chi connectivity index (χ4n) is 9.43. The number of carboxylic acid groups (broad SMARTS) is 3. The van der Waals surface area contributed by atoms with Crippen LogP contribution in [0.25, 0.3) is 17.1 Å². The molecule has 0 bridgehead atoms. The lowest BCUT2D eigenvalue weighted by molar-refractivity contribution is -0.140. The maximum Gasteiger partial charge on any atom is 0.317 e. The molecule has 8 N–H and O–H groups in total. The number of carboxylic acids is 3. The number of rotatable bonds is 32. The maximum absolute atomic E-state index is 13.7. The van der Waals surface area contributed by atoms with Crippen LogP contribution in [0.15, 0.2) is 36.4 Å². The van der Waals surface area contributed by atoms with Gasteiger partial charge in [0.25, 0.3) is 5.91 Å². The van der Waals surface area contributed by atoms with Crippen molar-refractivity contribution in [1.82, 2.24) is 55.2 Å². The Morgan fingerprint density at radius 3 is 1.55 bits per heavy atom. The molecular formula is C55H83N11O16. The van der Waals surface area contributed by atoms with Gasteiger partial charge in [-0.05, 0) is 60.4 Å². The predicted octanol–water partition coefficient (Wildman–Crippen LogP) is 0.164. The van der Waals surface area contributed by atoms with Crippen molar-refractivity contribution in [2.45, 2.75) is 52.4 Å². The van der Waals surface area contributed by atoms with Crippen LogP contribution < -0.4 is 16.0 Å². The lowest BCUT2D eigenvalue weighted by atomic mass is 9.90. The summed E-state index contributed by atoms with van der Waals surface area (Å²) in [5.41, 5.74) is 2.54. The molecule has 0 aliphatic carbocycles. The number of carbonyl (C=O) groups excluding carboxylic acids is 4. The Hall–Kier alpha value is -6.85. The Bertz CT molecular complexity index is 2490. The van der Waals surface area contributed by atoms with Crippen molar-refractivity contribution in [3.63, 3.8) is 0 Å². The first kappa shape index (κ1) is 66.0. The number of nitrogens with zero attached hydrogens (tertiary/aromatic N) is 8. The van der Waals surface area contributed by atoms with E-state index < -0.39 is 23.8 Å². The van der Waals surface area contributed by atoms with Gasteiger partial charge >= 0.3 is 17.9 Å². The van der Waals surface area contributed by atoms with Crippen molar-refractivity contribution in [2.24, 2.45) is 5.92 Å². The number of aromatic hydroxyl groups is 2. The first-order chi connectivity index (χ1) is 39.4. The van der Waals surface area contributed by atoms with E-state index in [1.807, 2.05) is 47.9 Å². The van der Waals surface area contributed by atoms with Gasteiger partial charge in [-0.15, -0.1) is 10.2 Å². The largest absolute Gasteiger partial charge is 0.508 e. The molecule has 4 amide bonds. The lowest BCUT2D eigenvalue weighted by Crippen LogP contribution is -2.50. The van der Waals surface area contributed by atoms with E-state index in [2.05, 4.69) is 26.1 Å². The topological polar surface area (TPSA) is 341 Å². The number of hydrogen-bond acceptors (Lipinski definition) is 19. The van der Waals surface area contributed by atoms with Crippen LogP contribution in [0.5, 0.6) is 11.5 Å². The summed E-state index contributed by atoms with van der Waals surface area (Å²) in [4.78, 5) is 94.2. The molecule has 0 unspecified atom stereocenters. The number of ether oxygens (including phenoxy) is 4. The number of piperidine rings is 1. The number of carbonyl (C=O) groups is 7. The Morgan fingerprint density at radius 2 is 1.05 bits per heavy atom. The summed E-state index contributed by atoms with van der Waals surface area (Å²) in [6, 6.07) is 10.6. The number of benzene rings is 2. The van der Waals surface area contributed by atoms with Crippen molar-refractivity contribution < 1.29 is 78.0 Å². The van der Waals surface area contributed by atoms with E-state index in [4.69, 9.17) is 18.9 Å². The van der Waals surface area contributed by atoms with E-state index in [0.29, 0.717) is 63.2 Å². The van der Waals surface area contributed by atoms with Crippen molar-refractivity contribution in [1.29, 1.82) is 0 Å². The average molecular weight is 1150 g/mol. The number of phenolic OH excluding ortho intramolecular Hbond substituents is 2. The minimum atomic E-state index is -1.04. The van der Waals surface area contributed by atoms with Gasteiger partial charge in [-0.2, -0.15) is 0 Å². The molecule has 0 atom stereocenters. The molecule has 2 aliphatic heterocycles. The smallest absolute Gasteiger partial charge is 0.317 e. The molecule has 3 aromatic rings. The van der Waals surface area contributed by atoms with Gasteiger partial charge < -0.3 is 65.3 Å². The molecule has 27 heteroatoms. The van der Waals surface area contributed by atoms with Gasteiger partial charge in [0.1, 0.15) is 11.5 Å². The van der Waals surface area contributed by atoms with Crippen LogP contribution in [0, 0.1) is 5.92 Å². The van der Waals surface area contributed by atoms with Crippen LogP contribution in [0.4, 0.5) is 0 Å². The summed E-state index contributed by atoms with van der Waals surface area (Å²) in [6.45, 7) is 11.1. The van der Waals surface area contributed by atoms with Crippen LogP contribution in [0.2, 0.25) is 0 Å². The Balaban J connectivity index is 0.930. The van der Waals surface area contributed by atoms with Crippen LogP contribution in [-0.4, -0.2) is 270 Å². The zero-order chi connectivity index (χ0) is 59.4. The summed E-state index contributed by atoms with van der Waals surface area (Å²) in [5, 5.41) is 66.7. The van der Waals surface area contributed by atoms with E-state index in [1.54, 1.807) is 32.3 Å². The summed E-state index contributed by atoms with van der Waals surface area (Å²) in [7, 11) is 0. The summed E-state index contributed by atoms with van der Waals surface area (Å²) in [5.74, 6) is -3.92. The first-order valence-corrected chi connectivity index (χ1v) is 27.9. The molecule has 2 aromatic carbocycles. The molecule has 1 aromatic heterocycles. The monoisotopic (exact) mass is 1150 g/mol. The number of aromatic nitrogens is 3. The highest BCUT2D eigenvalue weighted by atomic mass is 16.6. The number of aliphatic carboxylic acids is 3. The summed E-state index contributed by atoms with van der Waals surface area (Å²) in [6.07, 6.45) is 2.75. The standard InChI is InChI=1S/C55H83N11O16/c1-39(2)44-33-45(47(69)34-46(44)68)53-59-60-54(66(53)43-6-4-41(5-7-43)32-42-8-14-65(15-9-42)40(3)67)55(78)58-12-11-56-48(70)10-24-79-26-28-81-30-31-82-29-27-80-25-13-57-49(71)35-61-16-18-62(36-50(72)73)20-22-64(38-52(76)77)23-21-63(19-17-61)37-51(74)75/h4-7,33-34,39,42,68-69H,8-32,35-38H2,1-3H3,(H,56,70)(H,57,71)(H,58,78)(H,72,73)(H,74,75)(H,76,77). The van der Waals surface area contributed by atoms with E-state index in [0.717, 1.165) is 37.9 Å². The highest BCUT2D eigenvalue weighted by molar-refractivity contribution is 5.92. The van der Waals surface area contributed by atoms with Crippen LogP contribution >= 0.6 is 0 Å². The minimum Gasteiger partial charge on any atom is -0.508 e. The average Bonchev–Trinajstić information content (AvgIpc) is 3.49. The highest BCUT2D eigenvalue weighted by Crippen LogP contribution is 2.38. The fraction of sp³-hybridized carbons (Fsp3) is 0.618. The van der Waals surface area contributed by atoms with Crippen LogP contribution in [-0.2, 0) is 54.1 Å². The maximum atomic E-state index is 13.7. The molecule has 82 heavy (non-hydrogen) atoms. The van der Waals surface area contributed by atoms with Gasteiger partial charge in [0.15, 0.2) is 5.82 Å². The molecule has 2 aliphatic rings. The van der Waals surface area contributed by atoms with Crippen molar-refractivity contribution >= 4 is 41.5 Å². The Morgan fingerprint density at radius 1 is 0.573 bits per heavy atom. The SMILES string of the molecule is CC(=O)N1CCC(Cc2ccc(-n3c(C(=O)NCCNC(=O)CCOCCOCCOCCOCCNC(=O)CN4CCN(CC(=O)O)CCN(CC(=O)O)CCN(CC(=O)O)CC4)nnc3-c3cc(C(C)C)c(O)cc3O)cc2)CC1. The summed E-state index contributed by atoms with van der Waals surface area (Å²) >= 11 is 0. The molecular weight excluding hydrogens is 1070 g/mol. The Kier molecular flexibility index (Phi) is 28.3. The lowest BCUT2D eigenvalue weighted by Gasteiger charge is -2.32. The fourth-order valence-corrected chi connectivity index (χ4v) is 9.43. The van der Waals surface area contributed by atoms with Gasteiger partial charge in [0.05, 0.1) is 84.6 Å². The third-order valence-electron chi connectivity index (χ3n) is 13.9. The molecule has 0 spiro atoms. The van der Waals surface area contributed by atoms with E-state index in [9.17, 15) is 59.1 Å². The zero-order valence-electron chi connectivity index (χ0n) is 47.4. The molecule has 0 saturated carbocycles. The van der Waals surface area contributed by atoms with Crippen LogP contribution in [0.3, 0.4) is 0 Å². The van der Waals surface area contributed by atoms with E-state index in [1.165, 1.54) is 6.07 Å². The zero-order valence-corrected chi connectivity index (χ0v) is 47.4. The van der Waals surface area contributed by atoms with Gasteiger partial charge in [0, 0.05) is 110 Å². The predicted molar refractivity (Wildman–Crippen MR) is 298 cm³/mol. The molecule has 454 valence electrons. The van der Waals surface area contributed by atoms with E-state index >= 15 is 0 Å². The molecule has 27 nitrogen and oxygen atoms in total. The number of amides is 4. The molecule has 3 heterocycles. The van der Waals surface area contributed by atoms with Gasteiger partial charge in [0.2, 0.25) is 23.5 Å².